The molecule has 0 fully saturated rings. The maximum absolute atomic E-state index is 14.0. The second-order valence-corrected chi connectivity index (χ2v) is 10.0. The Kier molecular flexibility index (Phi) is 7.34. The molecule has 9 heteroatoms. The van der Waals surface area contributed by atoms with E-state index in [1.165, 1.54) is 9.36 Å². The summed E-state index contributed by atoms with van der Waals surface area (Å²) in [6, 6.07) is 22.4. The summed E-state index contributed by atoms with van der Waals surface area (Å²) in [7, 11) is 1.57. The molecule has 0 amide bonds. The fourth-order valence-electron chi connectivity index (χ4n) is 5.01. The summed E-state index contributed by atoms with van der Waals surface area (Å²) < 4.78 is 15.2. The zero-order valence-corrected chi connectivity index (χ0v) is 23.7. The maximum Gasteiger partial charge on any atom is 0.275 e. The van der Waals surface area contributed by atoms with Crippen molar-refractivity contribution in [3.8, 4) is 22.9 Å². The monoisotopic (exact) mass is 588 g/mol. The third kappa shape index (κ3) is 4.74. The number of nitrogens with one attached hydrogen (secondary N) is 2. The van der Waals surface area contributed by atoms with Crippen LogP contribution in [0.25, 0.3) is 11.4 Å². The van der Waals surface area contributed by atoms with E-state index in [-0.39, 0.29) is 11.1 Å². The van der Waals surface area contributed by atoms with Gasteiger partial charge in [-0.3, -0.25) is 19.8 Å². The van der Waals surface area contributed by atoms with E-state index in [0.29, 0.717) is 62.0 Å². The van der Waals surface area contributed by atoms with Gasteiger partial charge < -0.3 is 9.47 Å². The first-order valence-corrected chi connectivity index (χ1v) is 13.4. The van der Waals surface area contributed by atoms with E-state index < -0.39 is 5.92 Å². The Bertz CT molecular complexity index is 1640. The molecule has 39 heavy (non-hydrogen) atoms. The molecule has 0 unspecified atom stereocenters. The van der Waals surface area contributed by atoms with Crippen molar-refractivity contribution in [3.63, 3.8) is 0 Å². The minimum atomic E-state index is -0.700. The second-order valence-electron chi connectivity index (χ2n) is 9.15. The molecular formula is C30H29BrN4O4. The molecule has 0 spiro atoms. The van der Waals surface area contributed by atoms with Crippen molar-refractivity contribution in [2.45, 2.75) is 26.7 Å². The molecule has 2 N–H and O–H groups in total. The van der Waals surface area contributed by atoms with Gasteiger partial charge in [0.2, 0.25) is 0 Å². The standard InChI is InChI=1S/C30H29BrN4O4/c1-5-39-24-17-20(16-23(31)28(24)38-4)27(25-18(2)32-34(29(25)36)21-12-8-6-9-13-21)26-19(3)33-35(30(26)37)22-14-10-7-11-15-22/h6-17,27,32-33H,5H2,1-4H3. The SMILES string of the molecule is CCOc1cc(C(c2c(C)[nH]n(-c3ccccc3)c2=O)c2c(C)[nH]n(-c3ccccc3)c2=O)cc(Br)c1OC. The van der Waals surface area contributed by atoms with Crippen molar-refractivity contribution in [3.05, 3.63) is 126 Å². The minimum absolute atomic E-state index is 0.236. The smallest absolute Gasteiger partial charge is 0.275 e. The van der Waals surface area contributed by atoms with E-state index in [1.54, 1.807) is 7.11 Å². The predicted molar refractivity (Wildman–Crippen MR) is 155 cm³/mol. The van der Waals surface area contributed by atoms with Crippen LogP contribution in [0.2, 0.25) is 0 Å². The summed E-state index contributed by atoms with van der Waals surface area (Å²) >= 11 is 3.61. The van der Waals surface area contributed by atoms with Gasteiger partial charge in [-0.05, 0) is 78.7 Å². The number of aryl methyl sites for hydroxylation is 2. The second kappa shape index (κ2) is 10.9. The maximum atomic E-state index is 14.0. The normalized spacial score (nSPS) is 11.2. The number of halogens is 1. The van der Waals surface area contributed by atoms with Crippen molar-refractivity contribution in [2.24, 2.45) is 0 Å². The summed E-state index contributed by atoms with van der Waals surface area (Å²) in [5.41, 5.74) is 3.90. The Morgan fingerprint density at radius 3 is 1.74 bits per heavy atom. The van der Waals surface area contributed by atoms with Gasteiger partial charge in [-0.1, -0.05) is 36.4 Å². The third-order valence-corrected chi connectivity index (χ3v) is 7.30. The molecule has 2 aromatic heterocycles. The Morgan fingerprint density at radius 2 is 1.31 bits per heavy atom. The number of ether oxygens (including phenoxy) is 2. The van der Waals surface area contributed by atoms with Crippen LogP contribution in [0, 0.1) is 13.8 Å². The van der Waals surface area contributed by atoms with E-state index in [1.807, 2.05) is 93.6 Å². The number of rotatable bonds is 8. The summed E-state index contributed by atoms with van der Waals surface area (Å²) in [5.74, 6) is 0.357. The number of hydrogen-bond donors (Lipinski definition) is 2. The number of aromatic nitrogens is 4. The molecule has 200 valence electrons. The van der Waals surface area contributed by atoms with Crippen molar-refractivity contribution < 1.29 is 9.47 Å². The van der Waals surface area contributed by atoms with E-state index >= 15 is 0 Å². The predicted octanol–water partition coefficient (Wildman–Crippen LogP) is 5.61. The van der Waals surface area contributed by atoms with Crippen LogP contribution in [0.5, 0.6) is 11.5 Å². The van der Waals surface area contributed by atoms with Crippen LogP contribution in [0.3, 0.4) is 0 Å². The first-order chi connectivity index (χ1) is 18.8. The Balaban J connectivity index is 1.81. The molecule has 3 aromatic carbocycles. The minimum Gasteiger partial charge on any atom is -0.492 e. The summed E-state index contributed by atoms with van der Waals surface area (Å²) in [5, 5.41) is 6.44. The van der Waals surface area contributed by atoms with Gasteiger partial charge in [-0.15, -0.1) is 0 Å². The van der Waals surface area contributed by atoms with Crippen LogP contribution in [0.1, 0.15) is 40.9 Å². The Labute approximate surface area is 233 Å². The summed E-state index contributed by atoms with van der Waals surface area (Å²) in [6.07, 6.45) is 0. The van der Waals surface area contributed by atoms with Gasteiger partial charge in [-0.2, -0.15) is 0 Å². The third-order valence-electron chi connectivity index (χ3n) is 6.71. The zero-order chi connectivity index (χ0) is 27.7. The molecule has 0 bridgehead atoms. The Morgan fingerprint density at radius 1 is 0.821 bits per heavy atom. The molecule has 0 aliphatic rings. The van der Waals surface area contributed by atoms with Gasteiger partial charge in [0.25, 0.3) is 11.1 Å². The van der Waals surface area contributed by atoms with E-state index in [4.69, 9.17) is 9.47 Å². The molecule has 0 aliphatic carbocycles. The fourth-order valence-corrected chi connectivity index (χ4v) is 5.63. The van der Waals surface area contributed by atoms with Crippen LogP contribution >= 0.6 is 15.9 Å². The number of hydrogen-bond acceptors (Lipinski definition) is 4. The lowest BCUT2D eigenvalue weighted by atomic mass is 9.85. The number of aromatic amines is 2. The summed E-state index contributed by atoms with van der Waals surface area (Å²) in [4.78, 5) is 28.1. The highest BCUT2D eigenvalue weighted by atomic mass is 79.9. The number of H-pyrrole nitrogens is 2. The molecule has 8 nitrogen and oxygen atoms in total. The van der Waals surface area contributed by atoms with Gasteiger partial charge in [0.15, 0.2) is 11.5 Å². The van der Waals surface area contributed by atoms with E-state index in [2.05, 4.69) is 26.1 Å². The van der Waals surface area contributed by atoms with Crippen LogP contribution in [-0.4, -0.2) is 33.3 Å². The largest absolute Gasteiger partial charge is 0.492 e. The molecule has 0 aliphatic heterocycles. The molecular weight excluding hydrogens is 560 g/mol. The molecule has 0 atom stereocenters. The average Bonchev–Trinajstić information content (AvgIpc) is 3.40. The van der Waals surface area contributed by atoms with Crippen molar-refractivity contribution in [2.75, 3.05) is 13.7 Å². The van der Waals surface area contributed by atoms with Gasteiger partial charge in [0.1, 0.15) is 0 Å². The lowest BCUT2D eigenvalue weighted by Gasteiger charge is -2.19. The van der Waals surface area contributed by atoms with Crippen LogP contribution in [0.15, 0.2) is 86.9 Å². The van der Waals surface area contributed by atoms with Gasteiger partial charge in [0, 0.05) is 17.3 Å². The summed E-state index contributed by atoms with van der Waals surface area (Å²) in [6.45, 7) is 6.01. The van der Waals surface area contributed by atoms with E-state index in [0.717, 1.165) is 0 Å². The van der Waals surface area contributed by atoms with Crippen molar-refractivity contribution in [1.29, 1.82) is 0 Å². The number of para-hydroxylation sites is 2. The lowest BCUT2D eigenvalue weighted by molar-refractivity contribution is 0.309. The van der Waals surface area contributed by atoms with Crippen LogP contribution in [0.4, 0.5) is 0 Å². The van der Waals surface area contributed by atoms with Crippen LogP contribution in [-0.2, 0) is 0 Å². The molecule has 5 rings (SSSR count). The van der Waals surface area contributed by atoms with E-state index in [9.17, 15) is 9.59 Å². The molecule has 0 saturated heterocycles. The quantitative estimate of drug-likeness (QED) is 0.246. The topological polar surface area (TPSA) is 94.0 Å². The Hall–Kier alpha value is -4.24. The molecule has 0 radical (unpaired) electrons. The number of nitrogens with zero attached hydrogens (tertiary/aromatic N) is 2. The van der Waals surface area contributed by atoms with Crippen molar-refractivity contribution >= 4 is 15.9 Å². The van der Waals surface area contributed by atoms with Gasteiger partial charge in [-0.25, -0.2) is 9.36 Å². The van der Waals surface area contributed by atoms with Crippen molar-refractivity contribution in [1.82, 2.24) is 19.6 Å². The average molecular weight is 589 g/mol. The molecule has 0 saturated carbocycles. The fraction of sp³-hybridized carbons (Fsp3) is 0.200. The van der Waals surface area contributed by atoms with Gasteiger partial charge >= 0.3 is 0 Å². The first-order valence-electron chi connectivity index (χ1n) is 12.6. The highest BCUT2D eigenvalue weighted by Crippen LogP contribution is 2.42. The highest BCUT2D eigenvalue weighted by molar-refractivity contribution is 9.10. The first kappa shape index (κ1) is 26.4. The van der Waals surface area contributed by atoms with Gasteiger partial charge in [0.05, 0.1) is 40.7 Å². The molecule has 2 heterocycles. The highest BCUT2D eigenvalue weighted by Gasteiger charge is 2.32. The number of methoxy groups -OCH3 is 1. The zero-order valence-electron chi connectivity index (χ0n) is 22.1. The molecule has 5 aromatic rings. The number of benzene rings is 3. The lowest BCUT2D eigenvalue weighted by Crippen LogP contribution is -2.25. The van der Waals surface area contributed by atoms with Crippen LogP contribution < -0.4 is 20.6 Å².